The van der Waals surface area contributed by atoms with Crippen LogP contribution >= 0.6 is 0 Å². The Morgan fingerprint density at radius 1 is 0.840 bits per heavy atom. The lowest BCUT2D eigenvalue weighted by atomic mass is 10.1. The highest BCUT2D eigenvalue weighted by molar-refractivity contribution is 5.98. The average molecular weight is 344 g/mol. The monoisotopic (exact) mass is 344 g/mol. The number of aromatic nitrogens is 2. The van der Waals surface area contributed by atoms with E-state index >= 15 is 0 Å². The summed E-state index contributed by atoms with van der Waals surface area (Å²) >= 11 is 0. The Balaban J connectivity index is 2.29. The molecule has 0 saturated heterocycles. The first kappa shape index (κ1) is 16.8. The van der Waals surface area contributed by atoms with Crippen LogP contribution in [0.15, 0.2) is 31.3 Å². The molecule has 0 saturated carbocycles. The van der Waals surface area contributed by atoms with E-state index in [1.807, 2.05) is 6.92 Å². The van der Waals surface area contributed by atoms with Crippen molar-refractivity contribution in [2.75, 3.05) is 6.61 Å². The van der Waals surface area contributed by atoms with Gasteiger partial charge in [0.15, 0.2) is 0 Å². The molecule has 0 atom stereocenters. The molecule has 3 aromatic rings. The minimum Gasteiger partial charge on any atom is -0.465 e. The van der Waals surface area contributed by atoms with Crippen LogP contribution in [0, 0.1) is 0 Å². The van der Waals surface area contributed by atoms with Crippen LogP contribution in [-0.4, -0.2) is 21.7 Å². The van der Waals surface area contributed by atoms with Crippen LogP contribution < -0.4 is 22.2 Å². The Kier molecular flexibility index (Phi) is 4.12. The lowest BCUT2D eigenvalue weighted by Gasteiger charge is -2.00. The Morgan fingerprint density at radius 2 is 1.28 bits per heavy atom. The van der Waals surface area contributed by atoms with E-state index in [1.165, 1.54) is 12.1 Å². The highest BCUT2D eigenvalue weighted by atomic mass is 16.5. The summed E-state index contributed by atoms with van der Waals surface area (Å²) in [6.07, 6.45) is 0.608. The van der Waals surface area contributed by atoms with Crippen LogP contribution in [0.25, 0.3) is 21.5 Å². The fourth-order valence-electron chi connectivity index (χ4n) is 2.98. The zero-order chi connectivity index (χ0) is 18.3. The van der Waals surface area contributed by atoms with Crippen LogP contribution in [0.5, 0.6) is 0 Å². The summed E-state index contributed by atoms with van der Waals surface area (Å²) in [5.74, 6) is -0.703. The predicted octanol–water partition coefficient (Wildman–Crippen LogP) is -0.115. The summed E-state index contributed by atoms with van der Waals surface area (Å²) in [5.41, 5.74) is -2.31. The number of ether oxygens (including phenoxy) is 1. The SMILES string of the molecule is CCCn1c(=O)c2cc3c(=O)n(CC(=O)OCC)c(=O)c3cc2c1=O. The van der Waals surface area contributed by atoms with Crippen molar-refractivity contribution in [1.82, 2.24) is 9.13 Å². The second-order valence-electron chi connectivity index (χ2n) is 5.71. The zero-order valence-corrected chi connectivity index (χ0v) is 13.8. The predicted molar refractivity (Wildman–Crippen MR) is 91.8 cm³/mol. The molecule has 2 heterocycles. The number of carbonyl (C=O) groups is 1. The van der Waals surface area contributed by atoms with Gasteiger partial charge in [0, 0.05) is 6.54 Å². The van der Waals surface area contributed by atoms with Crippen LogP contribution in [0.1, 0.15) is 20.3 Å². The van der Waals surface area contributed by atoms with Gasteiger partial charge in [-0.25, -0.2) is 0 Å². The number of hydrogen-bond acceptors (Lipinski definition) is 6. The smallest absolute Gasteiger partial charge is 0.326 e. The molecule has 8 nitrogen and oxygen atoms in total. The normalized spacial score (nSPS) is 11.4. The van der Waals surface area contributed by atoms with Crippen LogP contribution in [0.2, 0.25) is 0 Å². The first-order valence-corrected chi connectivity index (χ1v) is 7.96. The average Bonchev–Trinajstić information content (AvgIpc) is 2.95. The number of rotatable bonds is 5. The largest absolute Gasteiger partial charge is 0.465 e. The van der Waals surface area contributed by atoms with Gasteiger partial charge in [-0.15, -0.1) is 0 Å². The highest BCUT2D eigenvalue weighted by Crippen LogP contribution is 2.14. The second-order valence-corrected chi connectivity index (χ2v) is 5.71. The number of nitrogens with zero attached hydrogens (tertiary/aromatic N) is 2. The van der Waals surface area contributed by atoms with Gasteiger partial charge in [0.1, 0.15) is 6.54 Å². The number of hydrogen-bond donors (Lipinski definition) is 0. The summed E-state index contributed by atoms with van der Waals surface area (Å²) < 4.78 is 6.62. The molecule has 0 fully saturated rings. The van der Waals surface area contributed by atoms with Gasteiger partial charge in [-0.1, -0.05) is 6.92 Å². The van der Waals surface area contributed by atoms with Crippen molar-refractivity contribution in [3.8, 4) is 0 Å². The van der Waals surface area contributed by atoms with E-state index in [0.29, 0.717) is 6.42 Å². The lowest BCUT2D eigenvalue weighted by Crippen LogP contribution is -2.30. The Labute approximate surface area is 140 Å². The summed E-state index contributed by atoms with van der Waals surface area (Å²) in [7, 11) is 0. The molecular formula is C17H16N2O6. The van der Waals surface area contributed by atoms with Gasteiger partial charge < -0.3 is 4.74 Å². The summed E-state index contributed by atoms with van der Waals surface area (Å²) in [4.78, 5) is 61.1. The van der Waals surface area contributed by atoms with Crippen molar-refractivity contribution in [2.45, 2.75) is 33.4 Å². The molecule has 0 aliphatic carbocycles. The fraction of sp³-hybridized carbons (Fsp3) is 0.353. The third-order valence-electron chi connectivity index (χ3n) is 4.10. The van der Waals surface area contributed by atoms with Crippen LogP contribution in [0.3, 0.4) is 0 Å². The molecule has 0 aliphatic rings. The lowest BCUT2D eigenvalue weighted by molar-refractivity contribution is -0.143. The molecule has 8 heteroatoms. The minimum absolute atomic E-state index is 0.0209. The molecule has 0 spiro atoms. The molecule has 0 radical (unpaired) electrons. The van der Waals surface area contributed by atoms with Gasteiger partial charge in [0.2, 0.25) is 0 Å². The van der Waals surface area contributed by atoms with Gasteiger partial charge in [0.25, 0.3) is 22.2 Å². The molecule has 0 bridgehead atoms. The van der Waals surface area contributed by atoms with Crippen LogP contribution in [0.4, 0.5) is 0 Å². The first-order valence-electron chi connectivity index (χ1n) is 7.96. The molecule has 130 valence electrons. The fourth-order valence-corrected chi connectivity index (χ4v) is 2.98. The summed E-state index contributed by atoms with van der Waals surface area (Å²) in [6.45, 7) is 3.35. The van der Waals surface area contributed by atoms with Gasteiger partial charge in [-0.2, -0.15) is 0 Å². The van der Waals surface area contributed by atoms with E-state index in [4.69, 9.17) is 4.74 Å². The number of benzene rings is 1. The molecule has 0 N–H and O–H groups in total. The van der Waals surface area contributed by atoms with E-state index < -0.39 is 34.8 Å². The topological polar surface area (TPSA) is 104 Å². The van der Waals surface area contributed by atoms with Crippen molar-refractivity contribution < 1.29 is 9.53 Å². The molecule has 1 aromatic carbocycles. The standard InChI is InChI=1S/C17H16N2O6/c1-3-5-18-14(21)9-6-11-12(7-10(9)15(18)22)17(24)19(16(11)23)8-13(20)25-4-2/h6-7H,3-5,8H2,1-2H3. The van der Waals surface area contributed by atoms with Gasteiger partial charge in [0.05, 0.1) is 28.2 Å². The Morgan fingerprint density at radius 3 is 1.68 bits per heavy atom. The van der Waals surface area contributed by atoms with Gasteiger partial charge in [-0.05, 0) is 25.5 Å². The van der Waals surface area contributed by atoms with Crippen molar-refractivity contribution >= 4 is 27.5 Å². The molecule has 0 amide bonds. The quantitative estimate of drug-likeness (QED) is 0.598. The Hall–Kier alpha value is -3.03. The summed E-state index contributed by atoms with van der Waals surface area (Å²) in [6, 6.07) is 2.54. The number of carbonyl (C=O) groups excluding carboxylic acids is 1. The molecular weight excluding hydrogens is 328 g/mol. The van der Waals surface area contributed by atoms with E-state index in [-0.39, 0.29) is 34.7 Å². The maximum atomic E-state index is 12.4. The van der Waals surface area contributed by atoms with E-state index in [0.717, 1.165) is 9.13 Å². The molecule has 0 aliphatic heterocycles. The molecule has 0 unspecified atom stereocenters. The first-order chi connectivity index (χ1) is 11.9. The van der Waals surface area contributed by atoms with Crippen molar-refractivity contribution in [1.29, 1.82) is 0 Å². The Bertz CT molecular complexity index is 1110. The maximum absolute atomic E-state index is 12.4. The number of fused-ring (bicyclic) bond motifs is 2. The van der Waals surface area contributed by atoms with Crippen molar-refractivity contribution in [3.05, 3.63) is 53.5 Å². The van der Waals surface area contributed by atoms with Crippen molar-refractivity contribution in [2.24, 2.45) is 0 Å². The van der Waals surface area contributed by atoms with E-state index in [1.54, 1.807) is 6.92 Å². The minimum atomic E-state index is -0.703. The molecule has 3 rings (SSSR count). The number of esters is 1. The maximum Gasteiger partial charge on any atom is 0.326 e. The second kappa shape index (κ2) is 6.12. The van der Waals surface area contributed by atoms with Gasteiger partial charge >= 0.3 is 5.97 Å². The van der Waals surface area contributed by atoms with Crippen molar-refractivity contribution in [3.63, 3.8) is 0 Å². The van der Waals surface area contributed by atoms with E-state index in [9.17, 15) is 24.0 Å². The van der Waals surface area contributed by atoms with Gasteiger partial charge in [-0.3, -0.25) is 33.1 Å². The third-order valence-corrected chi connectivity index (χ3v) is 4.10. The van der Waals surface area contributed by atoms with E-state index in [2.05, 4.69) is 0 Å². The van der Waals surface area contributed by atoms with Crippen LogP contribution in [-0.2, 0) is 22.6 Å². The molecule has 2 aromatic heterocycles. The molecule has 25 heavy (non-hydrogen) atoms. The zero-order valence-electron chi connectivity index (χ0n) is 13.8. The third kappa shape index (κ3) is 2.50. The highest BCUT2D eigenvalue weighted by Gasteiger charge is 2.20. The summed E-state index contributed by atoms with van der Waals surface area (Å²) in [5, 5.41) is 0.257.